The van der Waals surface area contributed by atoms with Crippen LogP contribution in [0.4, 0.5) is 11.4 Å². The molecule has 2 amide bonds. The molecule has 6 nitrogen and oxygen atoms in total. The lowest BCUT2D eigenvalue weighted by atomic mass is 10.0. The van der Waals surface area contributed by atoms with Crippen molar-refractivity contribution < 1.29 is 18.4 Å². The van der Waals surface area contributed by atoms with E-state index < -0.39 is 0 Å². The van der Waals surface area contributed by atoms with Gasteiger partial charge in [0.1, 0.15) is 23.0 Å². The van der Waals surface area contributed by atoms with Gasteiger partial charge in [-0.15, -0.1) is 0 Å². The maximum atomic E-state index is 12.1. The van der Waals surface area contributed by atoms with Gasteiger partial charge >= 0.3 is 0 Å². The summed E-state index contributed by atoms with van der Waals surface area (Å²) in [5.74, 6) is 2.43. The van der Waals surface area contributed by atoms with Gasteiger partial charge in [0, 0.05) is 23.5 Å². The van der Waals surface area contributed by atoms with Crippen LogP contribution in [0.15, 0.2) is 93.8 Å². The summed E-state index contributed by atoms with van der Waals surface area (Å²) in [6.07, 6.45) is 6.90. The second-order valence-corrected chi connectivity index (χ2v) is 8.11. The van der Waals surface area contributed by atoms with E-state index in [9.17, 15) is 9.59 Å². The molecule has 0 fully saturated rings. The molecule has 0 unspecified atom stereocenters. The van der Waals surface area contributed by atoms with Crippen LogP contribution >= 0.6 is 0 Å². The number of furan rings is 2. The monoisotopic (exact) mass is 466 g/mol. The van der Waals surface area contributed by atoms with Gasteiger partial charge in [0.25, 0.3) is 0 Å². The first-order chi connectivity index (χ1) is 16.9. The largest absolute Gasteiger partial charge is 0.462 e. The summed E-state index contributed by atoms with van der Waals surface area (Å²) in [6, 6.07) is 22.7. The Morgan fingerprint density at radius 2 is 1.03 bits per heavy atom. The van der Waals surface area contributed by atoms with Crippen LogP contribution in [0, 0.1) is 13.8 Å². The predicted molar refractivity (Wildman–Crippen MR) is 138 cm³/mol. The summed E-state index contributed by atoms with van der Waals surface area (Å²) in [7, 11) is 0. The van der Waals surface area contributed by atoms with Gasteiger partial charge in [-0.2, -0.15) is 0 Å². The van der Waals surface area contributed by atoms with Crippen molar-refractivity contribution in [3.63, 3.8) is 0 Å². The molecule has 4 aromatic rings. The Morgan fingerprint density at radius 1 is 0.629 bits per heavy atom. The molecule has 0 radical (unpaired) electrons. The van der Waals surface area contributed by atoms with Crippen LogP contribution in [0.2, 0.25) is 0 Å². The molecule has 0 saturated carbocycles. The number of amides is 2. The molecule has 2 aromatic heterocycles. The zero-order valence-corrected chi connectivity index (χ0v) is 19.6. The predicted octanol–water partition coefficient (Wildman–Crippen LogP) is 6.38. The second-order valence-electron chi connectivity index (χ2n) is 8.11. The normalized spacial score (nSPS) is 11.3. The molecule has 35 heavy (non-hydrogen) atoms. The fraction of sp³-hybridized carbons (Fsp3) is 0.103. The molecule has 0 atom stereocenters. The molecular formula is C29H26N2O4. The Bertz CT molecular complexity index is 1250. The molecule has 4 rings (SSSR count). The highest BCUT2D eigenvalue weighted by Gasteiger charge is 2.03. The maximum absolute atomic E-state index is 12.1. The summed E-state index contributed by atoms with van der Waals surface area (Å²) in [4.78, 5) is 24.2. The summed E-state index contributed by atoms with van der Waals surface area (Å²) in [6.45, 7) is 3.71. The highest BCUT2D eigenvalue weighted by Crippen LogP contribution is 2.17. The fourth-order valence-electron chi connectivity index (χ4n) is 3.42. The zero-order valence-electron chi connectivity index (χ0n) is 19.6. The van der Waals surface area contributed by atoms with Crippen LogP contribution < -0.4 is 10.6 Å². The van der Waals surface area contributed by atoms with Gasteiger partial charge < -0.3 is 19.5 Å². The number of hydrogen-bond donors (Lipinski definition) is 2. The average molecular weight is 467 g/mol. The number of carbonyl (C=O) groups excluding carboxylic acids is 2. The van der Waals surface area contributed by atoms with Gasteiger partial charge in [0.15, 0.2) is 0 Å². The standard InChI is InChI=1S/C29H26N2O4/c1-20-3-13-26(34-20)15-17-28(32)30-24-9-5-22(6-10-24)19-23-7-11-25(12-8-23)31-29(33)18-16-27-14-4-21(2)35-27/h3-18H,19H2,1-2H3,(H,30,32)(H,31,33)/b17-15+,18-16+. The summed E-state index contributed by atoms with van der Waals surface area (Å²) in [5, 5.41) is 5.68. The Morgan fingerprint density at radius 3 is 1.37 bits per heavy atom. The van der Waals surface area contributed by atoms with Crippen molar-refractivity contribution in [3.8, 4) is 0 Å². The maximum Gasteiger partial charge on any atom is 0.248 e. The SMILES string of the molecule is Cc1ccc(/C=C/C(=O)Nc2ccc(Cc3ccc(NC(=O)/C=C/c4ccc(C)o4)cc3)cc2)o1. The van der Waals surface area contributed by atoms with E-state index >= 15 is 0 Å². The third-order valence-corrected chi connectivity index (χ3v) is 5.17. The third kappa shape index (κ3) is 7.20. The van der Waals surface area contributed by atoms with Crippen LogP contribution in [0.25, 0.3) is 12.2 Å². The lowest BCUT2D eigenvalue weighted by molar-refractivity contribution is -0.112. The van der Waals surface area contributed by atoms with Gasteiger partial charge in [-0.05, 0) is 92.1 Å². The second kappa shape index (κ2) is 11.0. The molecule has 6 heteroatoms. The van der Waals surface area contributed by atoms with E-state index in [0.29, 0.717) is 11.5 Å². The number of aryl methyl sites for hydroxylation is 2. The first-order valence-corrected chi connectivity index (χ1v) is 11.2. The first kappa shape index (κ1) is 23.6. The van der Waals surface area contributed by atoms with Crippen molar-refractivity contribution in [2.45, 2.75) is 20.3 Å². The molecule has 0 aliphatic heterocycles. The molecule has 0 aliphatic carbocycles. The molecule has 0 spiro atoms. The van der Waals surface area contributed by atoms with Crippen LogP contribution in [-0.4, -0.2) is 11.8 Å². The van der Waals surface area contributed by atoms with Crippen molar-refractivity contribution in [1.82, 2.24) is 0 Å². The lowest BCUT2D eigenvalue weighted by Gasteiger charge is -2.07. The van der Waals surface area contributed by atoms with Crippen LogP contribution in [0.1, 0.15) is 34.2 Å². The average Bonchev–Trinajstić information content (AvgIpc) is 3.46. The van der Waals surface area contributed by atoms with Crippen LogP contribution in [-0.2, 0) is 16.0 Å². The smallest absolute Gasteiger partial charge is 0.248 e. The van der Waals surface area contributed by atoms with E-state index in [1.54, 1.807) is 12.2 Å². The van der Waals surface area contributed by atoms with Crippen molar-refractivity contribution in [3.05, 3.63) is 119 Å². The number of nitrogens with one attached hydrogen (secondary N) is 2. The van der Waals surface area contributed by atoms with Gasteiger partial charge in [0.2, 0.25) is 11.8 Å². The molecule has 0 aliphatic rings. The minimum absolute atomic E-state index is 0.224. The molecule has 176 valence electrons. The number of anilines is 2. The number of hydrogen-bond acceptors (Lipinski definition) is 4. The summed E-state index contributed by atoms with van der Waals surface area (Å²) < 4.78 is 10.8. The van der Waals surface area contributed by atoms with E-state index in [-0.39, 0.29) is 11.8 Å². The van der Waals surface area contributed by atoms with Gasteiger partial charge in [-0.25, -0.2) is 0 Å². The Hall–Kier alpha value is -4.58. The Kier molecular flexibility index (Phi) is 7.43. The van der Waals surface area contributed by atoms with E-state index in [0.717, 1.165) is 40.4 Å². The zero-order chi connectivity index (χ0) is 24.6. The molecule has 2 N–H and O–H groups in total. The third-order valence-electron chi connectivity index (χ3n) is 5.17. The van der Waals surface area contributed by atoms with Crippen molar-refractivity contribution >= 4 is 35.3 Å². The highest BCUT2D eigenvalue weighted by molar-refractivity contribution is 6.02. The van der Waals surface area contributed by atoms with E-state index in [1.165, 1.54) is 12.2 Å². The minimum Gasteiger partial charge on any atom is -0.462 e. The molecule has 0 bridgehead atoms. The topological polar surface area (TPSA) is 84.5 Å². The lowest BCUT2D eigenvalue weighted by Crippen LogP contribution is -2.07. The van der Waals surface area contributed by atoms with Crippen molar-refractivity contribution in [2.24, 2.45) is 0 Å². The van der Waals surface area contributed by atoms with E-state index in [1.807, 2.05) is 86.6 Å². The summed E-state index contributed by atoms with van der Waals surface area (Å²) in [5.41, 5.74) is 3.65. The van der Waals surface area contributed by atoms with Gasteiger partial charge in [-0.1, -0.05) is 24.3 Å². The number of benzene rings is 2. The molecule has 2 aromatic carbocycles. The van der Waals surface area contributed by atoms with Gasteiger partial charge in [0.05, 0.1) is 0 Å². The fourth-order valence-corrected chi connectivity index (χ4v) is 3.42. The Labute approximate surface area is 204 Å². The van der Waals surface area contributed by atoms with Crippen molar-refractivity contribution in [1.29, 1.82) is 0 Å². The van der Waals surface area contributed by atoms with E-state index in [4.69, 9.17) is 8.83 Å². The Balaban J connectivity index is 1.26. The first-order valence-electron chi connectivity index (χ1n) is 11.2. The molecular weight excluding hydrogens is 440 g/mol. The highest BCUT2D eigenvalue weighted by atomic mass is 16.3. The number of carbonyl (C=O) groups is 2. The summed E-state index contributed by atoms with van der Waals surface area (Å²) >= 11 is 0. The molecule has 2 heterocycles. The van der Waals surface area contributed by atoms with Gasteiger partial charge in [-0.3, -0.25) is 9.59 Å². The van der Waals surface area contributed by atoms with Crippen LogP contribution in [0.5, 0.6) is 0 Å². The molecule has 0 saturated heterocycles. The quantitative estimate of drug-likeness (QED) is 0.295. The minimum atomic E-state index is -0.224. The number of rotatable bonds is 8. The van der Waals surface area contributed by atoms with Crippen molar-refractivity contribution in [2.75, 3.05) is 10.6 Å². The van der Waals surface area contributed by atoms with E-state index in [2.05, 4.69) is 10.6 Å². The van der Waals surface area contributed by atoms with Crippen LogP contribution in [0.3, 0.4) is 0 Å².